The topological polar surface area (TPSA) is 75.2 Å². The minimum absolute atomic E-state index is 0.392. The molecule has 4 aromatic heterocycles. The molecule has 0 spiro atoms. The van der Waals surface area contributed by atoms with Gasteiger partial charge < -0.3 is 13.9 Å². The number of aryl methyl sites for hydroxylation is 1. The van der Waals surface area contributed by atoms with Gasteiger partial charge in [0.1, 0.15) is 16.4 Å². The molecule has 5 rings (SSSR count). The number of pyridine rings is 2. The lowest BCUT2D eigenvalue weighted by Gasteiger charge is -2.26. The Bertz CT molecular complexity index is 1180. The summed E-state index contributed by atoms with van der Waals surface area (Å²) in [6, 6.07) is 7.69. The minimum atomic E-state index is -0.545. The number of furan rings is 1. The second-order valence-corrected chi connectivity index (χ2v) is 7.57. The highest BCUT2D eigenvalue weighted by atomic mass is 35.5. The van der Waals surface area contributed by atoms with Crippen LogP contribution < -0.4 is 0 Å². The van der Waals surface area contributed by atoms with Crippen LogP contribution in [0.5, 0.6) is 0 Å². The maximum atomic E-state index is 6.20. The van der Waals surface area contributed by atoms with Gasteiger partial charge in [0.05, 0.1) is 30.3 Å². The molecular formula is C21H19ClN4O3. The molecule has 0 saturated carbocycles. The maximum absolute atomic E-state index is 6.20. The van der Waals surface area contributed by atoms with Crippen LogP contribution in [0, 0.1) is 6.92 Å². The maximum Gasteiger partial charge on any atom is 0.154 e. The van der Waals surface area contributed by atoms with Crippen molar-refractivity contribution in [2.24, 2.45) is 0 Å². The fourth-order valence-electron chi connectivity index (χ4n) is 3.78. The zero-order chi connectivity index (χ0) is 20.0. The molecule has 0 aliphatic carbocycles. The molecule has 0 bridgehead atoms. The fraction of sp³-hybridized carbons (Fsp3) is 0.286. The van der Waals surface area contributed by atoms with Crippen LogP contribution in [0.2, 0.25) is 5.15 Å². The second-order valence-electron chi connectivity index (χ2n) is 7.19. The summed E-state index contributed by atoms with van der Waals surface area (Å²) in [6.45, 7) is 3.16. The first-order chi connectivity index (χ1) is 14.1. The molecule has 8 heteroatoms. The lowest BCUT2D eigenvalue weighted by atomic mass is 9.97. The first-order valence-electron chi connectivity index (χ1n) is 9.29. The van der Waals surface area contributed by atoms with Gasteiger partial charge in [-0.25, -0.2) is 14.6 Å². The van der Waals surface area contributed by atoms with Gasteiger partial charge in [-0.1, -0.05) is 11.6 Å². The summed E-state index contributed by atoms with van der Waals surface area (Å²) < 4.78 is 18.5. The zero-order valence-electron chi connectivity index (χ0n) is 16.1. The van der Waals surface area contributed by atoms with E-state index in [1.807, 2.05) is 25.1 Å². The van der Waals surface area contributed by atoms with E-state index in [1.165, 1.54) is 0 Å². The van der Waals surface area contributed by atoms with Gasteiger partial charge in [0.2, 0.25) is 0 Å². The van der Waals surface area contributed by atoms with Crippen LogP contribution in [0.1, 0.15) is 17.7 Å². The van der Waals surface area contributed by atoms with E-state index in [-0.39, 0.29) is 0 Å². The molecule has 0 N–H and O–H groups in total. The molecule has 1 atom stereocenters. The van der Waals surface area contributed by atoms with Gasteiger partial charge in [-0.15, -0.1) is 0 Å². The van der Waals surface area contributed by atoms with Crippen molar-refractivity contribution in [1.29, 1.82) is 0 Å². The summed E-state index contributed by atoms with van der Waals surface area (Å²) in [5.74, 6) is 0.685. The van der Waals surface area contributed by atoms with Gasteiger partial charge in [0, 0.05) is 43.4 Å². The number of rotatable bonds is 4. The molecule has 1 aliphatic heterocycles. The summed E-state index contributed by atoms with van der Waals surface area (Å²) in [5.41, 5.74) is 3.79. The molecule has 0 unspecified atom stereocenters. The highest BCUT2D eigenvalue weighted by Gasteiger charge is 2.38. The SMILES string of the molecule is CO[C@@]1(c2cc(C)cc(-n3nc(-c4ccoc4)c4cnc(Cl)cc43)n2)CCOC1. The largest absolute Gasteiger partial charge is 0.472 e. The normalized spacial score (nSPS) is 19.3. The molecule has 1 saturated heterocycles. The van der Waals surface area contributed by atoms with Crippen molar-refractivity contribution in [2.75, 3.05) is 20.3 Å². The van der Waals surface area contributed by atoms with Gasteiger partial charge in [0.15, 0.2) is 5.82 Å². The smallest absolute Gasteiger partial charge is 0.154 e. The van der Waals surface area contributed by atoms with E-state index in [9.17, 15) is 0 Å². The van der Waals surface area contributed by atoms with E-state index in [1.54, 1.807) is 36.6 Å². The Morgan fingerprint density at radius 1 is 1.28 bits per heavy atom. The van der Waals surface area contributed by atoms with Crippen molar-refractivity contribution in [3.8, 4) is 17.1 Å². The first kappa shape index (κ1) is 18.3. The Hall–Kier alpha value is -2.74. The Balaban J connectivity index is 1.73. The van der Waals surface area contributed by atoms with E-state index in [4.69, 9.17) is 35.6 Å². The zero-order valence-corrected chi connectivity index (χ0v) is 16.8. The third kappa shape index (κ3) is 3.02. The van der Waals surface area contributed by atoms with Gasteiger partial charge in [-0.2, -0.15) is 5.10 Å². The first-order valence-corrected chi connectivity index (χ1v) is 9.67. The summed E-state index contributed by atoms with van der Waals surface area (Å²) in [5, 5.41) is 6.08. The van der Waals surface area contributed by atoms with Crippen molar-refractivity contribution in [1.82, 2.24) is 19.7 Å². The predicted octanol–water partition coefficient (Wildman–Crippen LogP) is 4.30. The minimum Gasteiger partial charge on any atom is -0.472 e. The van der Waals surface area contributed by atoms with Crippen LogP contribution in [0.15, 0.2) is 47.4 Å². The average molecular weight is 411 g/mol. The number of methoxy groups -OCH3 is 1. The van der Waals surface area contributed by atoms with E-state index >= 15 is 0 Å². The highest BCUT2D eigenvalue weighted by Crippen LogP contribution is 2.35. The van der Waals surface area contributed by atoms with Gasteiger partial charge in [0.25, 0.3) is 0 Å². The lowest BCUT2D eigenvalue weighted by molar-refractivity contribution is -0.0246. The van der Waals surface area contributed by atoms with Gasteiger partial charge in [-0.3, -0.25) is 0 Å². The van der Waals surface area contributed by atoms with Crippen LogP contribution in [-0.2, 0) is 15.1 Å². The summed E-state index contributed by atoms with van der Waals surface area (Å²) >= 11 is 6.20. The Morgan fingerprint density at radius 2 is 2.17 bits per heavy atom. The van der Waals surface area contributed by atoms with Crippen molar-refractivity contribution >= 4 is 22.5 Å². The van der Waals surface area contributed by atoms with Crippen LogP contribution >= 0.6 is 11.6 Å². The third-order valence-electron chi connectivity index (χ3n) is 5.34. The van der Waals surface area contributed by atoms with Crippen LogP contribution in [0.4, 0.5) is 0 Å². The Morgan fingerprint density at radius 3 is 2.90 bits per heavy atom. The van der Waals surface area contributed by atoms with Crippen molar-refractivity contribution < 1.29 is 13.9 Å². The number of aromatic nitrogens is 4. The molecule has 0 amide bonds. The summed E-state index contributed by atoms with van der Waals surface area (Å²) in [6.07, 6.45) is 5.76. The molecule has 148 valence electrons. The number of nitrogens with zero attached hydrogens (tertiary/aromatic N) is 4. The highest BCUT2D eigenvalue weighted by molar-refractivity contribution is 6.30. The number of ether oxygens (including phenoxy) is 2. The molecule has 7 nitrogen and oxygen atoms in total. The molecule has 5 heterocycles. The van der Waals surface area contributed by atoms with E-state index in [0.29, 0.717) is 24.2 Å². The van der Waals surface area contributed by atoms with Crippen molar-refractivity contribution in [3.63, 3.8) is 0 Å². The lowest BCUT2D eigenvalue weighted by Crippen LogP contribution is -2.30. The predicted molar refractivity (Wildman–Crippen MR) is 108 cm³/mol. The quantitative estimate of drug-likeness (QED) is 0.467. The van der Waals surface area contributed by atoms with Crippen LogP contribution in [-0.4, -0.2) is 40.1 Å². The number of halogens is 1. The molecule has 29 heavy (non-hydrogen) atoms. The van der Waals surface area contributed by atoms with Gasteiger partial charge in [-0.05, 0) is 30.7 Å². The van der Waals surface area contributed by atoms with Crippen molar-refractivity contribution in [3.05, 3.63) is 59.4 Å². The number of fused-ring (bicyclic) bond motifs is 1. The standard InChI is InChI=1S/C21H19ClN4O3/c1-13-7-17(21(27-2)4-6-29-12-21)24-19(8-13)26-16-9-18(22)23-10-15(16)20(25-26)14-3-5-28-11-14/h3,5,7-11H,4,6,12H2,1-2H3/t21-/m0/s1. The van der Waals surface area contributed by atoms with Gasteiger partial charge >= 0.3 is 0 Å². The Labute approximate surface area is 172 Å². The monoisotopic (exact) mass is 410 g/mol. The molecule has 4 aromatic rings. The molecule has 1 fully saturated rings. The van der Waals surface area contributed by atoms with Crippen molar-refractivity contribution in [2.45, 2.75) is 18.9 Å². The molecule has 0 radical (unpaired) electrons. The molecular weight excluding hydrogens is 392 g/mol. The fourth-order valence-corrected chi connectivity index (χ4v) is 3.93. The number of hydrogen-bond acceptors (Lipinski definition) is 6. The third-order valence-corrected chi connectivity index (χ3v) is 5.55. The Kier molecular flexibility index (Phi) is 4.38. The molecule has 0 aromatic carbocycles. The van der Waals surface area contributed by atoms with E-state index in [2.05, 4.69) is 4.98 Å². The second kappa shape index (κ2) is 6.95. The van der Waals surface area contributed by atoms with Crippen LogP contribution in [0.25, 0.3) is 28.0 Å². The average Bonchev–Trinajstić information content (AvgIpc) is 3.46. The van der Waals surface area contributed by atoms with Crippen LogP contribution in [0.3, 0.4) is 0 Å². The molecule has 1 aliphatic rings. The number of hydrogen-bond donors (Lipinski definition) is 0. The van der Waals surface area contributed by atoms with E-state index in [0.717, 1.165) is 39.8 Å². The summed E-state index contributed by atoms with van der Waals surface area (Å²) in [7, 11) is 1.70. The van der Waals surface area contributed by atoms with E-state index < -0.39 is 5.60 Å². The summed E-state index contributed by atoms with van der Waals surface area (Å²) in [4.78, 5) is 9.14.